The molecule has 4 heteroatoms. The molecule has 0 atom stereocenters. The lowest BCUT2D eigenvalue weighted by atomic mass is 10.2. The molecule has 4 nitrogen and oxygen atoms in total. The summed E-state index contributed by atoms with van der Waals surface area (Å²) < 4.78 is 10.3. The van der Waals surface area contributed by atoms with Crippen molar-refractivity contribution >= 4 is 11.7 Å². The molecule has 0 aromatic heterocycles. The van der Waals surface area contributed by atoms with Crippen LogP contribution in [0, 0.1) is 0 Å². The molecule has 0 aliphatic carbocycles. The van der Waals surface area contributed by atoms with Crippen LogP contribution in [0.4, 0.5) is 0 Å². The zero-order chi connectivity index (χ0) is 14.1. The van der Waals surface area contributed by atoms with Crippen molar-refractivity contribution in [1.29, 1.82) is 0 Å². The smallest absolute Gasteiger partial charge is 0.330 e. The summed E-state index contributed by atoms with van der Waals surface area (Å²) in [6.07, 6.45) is 2.68. The van der Waals surface area contributed by atoms with Gasteiger partial charge in [-0.2, -0.15) is 0 Å². The van der Waals surface area contributed by atoms with Gasteiger partial charge in [-0.3, -0.25) is 0 Å². The zero-order valence-corrected chi connectivity index (χ0v) is 10.8. The number of aliphatic hydroxyl groups is 1. The molecule has 0 heterocycles. The second kappa shape index (κ2) is 7.97. The van der Waals surface area contributed by atoms with Crippen LogP contribution in [0.3, 0.4) is 0 Å². The molecule has 0 bridgehead atoms. The second-order valence-corrected chi connectivity index (χ2v) is 3.90. The van der Waals surface area contributed by atoms with Gasteiger partial charge in [-0.1, -0.05) is 13.2 Å². The Morgan fingerprint density at radius 1 is 1.21 bits per heavy atom. The maximum Gasteiger partial charge on any atom is 0.330 e. The van der Waals surface area contributed by atoms with Gasteiger partial charge in [0.15, 0.2) is 0 Å². The molecule has 0 aliphatic heterocycles. The minimum atomic E-state index is -0.402. The van der Waals surface area contributed by atoms with E-state index in [1.807, 2.05) is 0 Å². The standard InChI is InChI=1S/C15H18O4/c1-3-15(17)19-11-5-4-10-18-14-8-6-13(7-9-14)12(2)16/h3,6-9,16H,1-2,4-5,10-11H2. The van der Waals surface area contributed by atoms with E-state index in [-0.39, 0.29) is 5.76 Å². The van der Waals surface area contributed by atoms with Gasteiger partial charge >= 0.3 is 5.97 Å². The topological polar surface area (TPSA) is 55.8 Å². The van der Waals surface area contributed by atoms with Gasteiger partial charge in [0.1, 0.15) is 11.5 Å². The van der Waals surface area contributed by atoms with Crippen molar-refractivity contribution in [2.45, 2.75) is 12.8 Å². The molecule has 0 unspecified atom stereocenters. The molecule has 1 rings (SSSR count). The molecule has 0 saturated carbocycles. The van der Waals surface area contributed by atoms with E-state index in [1.54, 1.807) is 24.3 Å². The first kappa shape index (κ1) is 14.8. The first-order valence-electron chi connectivity index (χ1n) is 6.04. The van der Waals surface area contributed by atoms with Crippen molar-refractivity contribution in [1.82, 2.24) is 0 Å². The van der Waals surface area contributed by atoms with Crippen molar-refractivity contribution in [2.24, 2.45) is 0 Å². The van der Waals surface area contributed by atoms with Crippen LogP contribution in [0.2, 0.25) is 0 Å². The monoisotopic (exact) mass is 262 g/mol. The van der Waals surface area contributed by atoms with E-state index in [0.717, 1.165) is 24.7 Å². The highest BCUT2D eigenvalue weighted by atomic mass is 16.5. The third-order valence-corrected chi connectivity index (χ3v) is 2.41. The summed E-state index contributed by atoms with van der Waals surface area (Å²) in [5.74, 6) is 0.365. The largest absolute Gasteiger partial charge is 0.508 e. The summed E-state index contributed by atoms with van der Waals surface area (Å²) in [4.78, 5) is 10.8. The van der Waals surface area contributed by atoms with Crippen molar-refractivity contribution in [3.8, 4) is 5.75 Å². The fourth-order valence-corrected chi connectivity index (χ4v) is 1.37. The normalized spacial score (nSPS) is 9.68. The first-order valence-corrected chi connectivity index (χ1v) is 6.04. The Morgan fingerprint density at radius 3 is 2.42 bits per heavy atom. The lowest BCUT2D eigenvalue weighted by Crippen LogP contribution is -2.04. The van der Waals surface area contributed by atoms with Gasteiger partial charge in [0.2, 0.25) is 0 Å². The number of carbonyl (C=O) groups is 1. The van der Waals surface area contributed by atoms with Gasteiger partial charge in [-0.15, -0.1) is 0 Å². The number of esters is 1. The maximum atomic E-state index is 10.8. The average molecular weight is 262 g/mol. The van der Waals surface area contributed by atoms with E-state index < -0.39 is 5.97 Å². The van der Waals surface area contributed by atoms with E-state index in [4.69, 9.17) is 14.6 Å². The maximum absolute atomic E-state index is 10.8. The van der Waals surface area contributed by atoms with Gasteiger partial charge in [-0.25, -0.2) is 4.79 Å². The number of hydrogen-bond acceptors (Lipinski definition) is 4. The minimum Gasteiger partial charge on any atom is -0.508 e. The van der Waals surface area contributed by atoms with Crippen LogP contribution >= 0.6 is 0 Å². The zero-order valence-electron chi connectivity index (χ0n) is 10.8. The third-order valence-electron chi connectivity index (χ3n) is 2.41. The van der Waals surface area contributed by atoms with Crippen LogP contribution in [0.25, 0.3) is 5.76 Å². The highest BCUT2D eigenvalue weighted by molar-refractivity contribution is 5.81. The summed E-state index contributed by atoms with van der Waals surface area (Å²) in [7, 11) is 0. The van der Waals surface area contributed by atoms with E-state index >= 15 is 0 Å². The number of ether oxygens (including phenoxy) is 2. The molecule has 1 aromatic carbocycles. The molecule has 0 radical (unpaired) electrons. The summed E-state index contributed by atoms with van der Waals surface area (Å²) in [5, 5.41) is 9.17. The molecule has 0 spiro atoms. The van der Waals surface area contributed by atoms with Crippen LogP contribution in [-0.4, -0.2) is 24.3 Å². The van der Waals surface area contributed by atoms with Crippen LogP contribution in [-0.2, 0) is 9.53 Å². The Balaban J connectivity index is 2.17. The van der Waals surface area contributed by atoms with Crippen molar-refractivity contribution in [2.75, 3.05) is 13.2 Å². The first-order chi connectivity index (χ1) is 9.13. The van der Waals surface area contributed by atoms with E-state index in [1.165, 1.54) is 0 Å². The number of unbranched alkanes of at least 4 members (excludes halogenated alkanes) is 1. The SMILES string of the molecule is C=CC(=O)OCCCCOc1ccc(C(=C)O)cc1. The lowest BCUT2D eigenvalue weighted by molar-refractivity contribution is -0.137. The highest BCUT2D eigenvalue weighted by Crippen LogP contribution is 2.16. The van der Waals surface area contributed by atoms with Crippen molar-refractivity contribution in [3.05, 3.63) is 49.1 Å². The van der Waals surface area contributed by atoms with Gasteiger partial charge < -0.3 is 14.6 Å². The fourth-order valence-electron chi connectivity index (χ4n) is 1.37. The Kier molecular flexibility index (Phi) is 6.22. The number of aliphatic hydroxyl groups excluding tert-OH is 1. The Hall–Kier alpha value is -2.23. The van der Waals surface area contributed by atoms with Crippen molar-refractivity contribution in [3.63, 3.8) is 0 Å². The fraction of sp³-hybridized carbons (Fsp3) is 0.267. The Bertz CT molecular complexity index is 434. The average Bonchev–Trinajstić information content (AvgIpc) is 2.42. The molecule has 19 heavy (non-hydrogen) atoms. The minimum absolute atomic E-state index is 0.0376. The van der Waals surface area contributed by atoms with E-state index in [0.29, 0.717) is 18.8 Å². The van der Waals surface area contributed by atoms with Crippen LogP contribution in [0.5, 0.6) is 5.75 Å². The molecular weight excluding hydrogens is 244 g/mol. The van der Waals surface area contributed by atoms with Crippen LogP contribution in [0.1, 0.15) is 18.4 Å². The highest BCUT2D eigenvalue weighted by Gasteiger charge is 1.98. The van der Waals surface area contributed by atoms with Gasteiger partial charge in [0.25, 0.3) is 0 Å². The Morgan fingerprint density at radius 2 is 1.84 bits per heavy atom. The lowest BCUT2D eigenvalue weighted by Gasteiger charge is -2.07. The number of rotatable bonds is 8. The molecule has 0 aliphatic rings. The molecule has 1 aromatic rings. The molecule has 102 valence electrons. The Labute approximate surface area is 113 Å². The summed E-state index contributed by atoms with van der Waals surface area (Å²) in [6.45, 7) is 7.67. The van der Waals surface area contributed by atoms with Crippen LogP contribution in [0.15, 0.2) is 43.5 Å². The number of benzene rings is 1. The van der Waals surface area contributed by atoms with E-state index in [2.05, 4.69) is 13.2 Å². The predicted octanol–water partition coefficient (Wildman–Crippen LogP) is 3.10. The van der Waals surface area contributed by atoms with E-state index in [9.17, 15) is 4.79 Å². The van der Waals surface area contributed by atoms with Crippen molar-refractivity contribution < 1.29 is 19.4 Å². The van der Waals surface area contributed by atoms with Gasteiger partial charge in [0.05, 0.1) is 13.2 Å². The second-order valence-electron chi connectivity index (χ2n) is 3.90. The molecule has 0 amide bonds. The number of carbonyl (C=O) groups excluding carboxylic acids is 1. The summed E-state index contributed by atoms with van der Waals surface area (Å²) in [5.41, 5.74) is 0.670. The third kappa shape index (κ3) is 5.77. The van der Waals surface area contributed by atoms with Crippen LogP contribution < -0.4 is 4.74 Å². The number of hydrogen-bond donors (Lipinski definition) is 1. The molecular formula is C15H18O4. The predicted molar refractivity (Wildman–Crippen MR) is 74.0 cm³/mol. The summed E-state index contributed by atoms with van der Waals surface area (Å²) in [6, 6.07) is 7.02. The molecule has 0 saturated heterocycles. The molecule has 1 N–H and O–H groups in total. The quantitative estimate of drug-likeness (QED) is 0.338. The summed E-state index contributed by atoms with van der Waals surface area (Å²) >= 11 is 0. The van der Waals surface area contributed by atoms with Gasteiger partial charge in [0, 0.05) is 11.6 Å². The molecule has 0 fully saturated rings. The van der Waals surface area contributed by atoms with Gasteiger partial charge in [-0.05, 0) is 37.1 Å².